The average molecular weight is 274 g/mol. The SMILES string of the molecule is COCCN(CCNCCC(C)(C)C)C(C)COC. The van der Waals surface area contributed by atoms with Crippen LogP contribution < -0.4 is 5.32 Å². The standard InChI is InChI=1S/C15H34N2O2/c1-14(13-19-6)17(11-12-18-5)10-9-16-8-7-15(2,3)4/h14,16H,7-13H2,1-6H3. The molecule has 0 amide bonds. The van der Waals surface area contributed by atoms with E-state index in [1.165, 1.54) is 6.42 Å². The van der Waals surface area contributed by atoms with Crippen molar-refractivity contribution >= 4 is 0 Å². The van der Waals surface area contributed by atoms with E-state index in [2.05, 4.69) is 37.9 Å². The summed E-state index contributed by atoms with van der Waals surface area (Å²) in [7, 11) is 3.51. The first kappa shape index (κ1) is 18.8. The van der Waals surface area contributed by atoms with E-state index in [0.717, 1.165) is 39.4 Å². The summed E-state index contributed by atoms with van der Waals surface area (Å²) >= 11 is 0. The molecule has 0 aliphatic carbocycles. The minimum atomic E-state index is 0.409. The smallest absolute Gasteiger partial charge is 0.0615 e. The average Bonchev–Trinajstić information content (AvgIpc) is 2.31. The van der Waals surface area contributed by atoms with Crippen LogP contribution in [-0.2, 0) is 9.47 Å². The van der Waals surface area contributed by atoms with Gasteiger partial charge < -0.3 is 14.8 Å². The summed E-state index contributed by atoms with van der Waals surface area (Å²) < 4.78 is 10.4. The molecule has 4 heteroatoms. The van der Waals surface area contributed by atoms with Gasteiger partial charge in [0, 0.05) is 39.9 Å². The largest absolute Gasteiger partial charge is 0.383 e. The number of rotatable bonds is 11. The molecule has 0 bridgehead atoms. The Morgan fingerprint density at radius 1 is 1.05 bits per heavy atom. The maximum atomic E-state index is 5.23. The Kier molecular flexibility index (Phi) is 10.5. The lowest BCUT2D eigenvalue weighted by molar-refractivity contribution is 0.0756. The number of methoxy groups -OCH3 is 2. The molecule has 0 spiro atoms. The van der Waals surface area contributed by atoms with Crippen LogP contribution in [-0.4, -0.2) is 64.6 Å². The Morgan fingerprint density at radius 3 is 2.26 bits per heavy atom. The molecule has 0 fully saturated rings. The minimum absolute atomic E-state index is 0.409. The van der Waals surface area contributed by atoms with E-state index in [4.69, 9.17) is 9.47 Å². The minimum Gasteiger partial charge on any atom is -0.383 e. The van der Waals surface area contributed by atoms with E-state index in [-0.39, 0.29) is 0 Å². The van der Waals surface area contributed by atoms with Crippen molar-refractivity contribution in [3.05, 3.63) is 0 Å². The van der Waals surface area contributed by atoms with Crippen LogP contribution in [0.5, 0.6) is 0 Å². The number of ether oxygens (including phenoxy) is 2. The van der Waals surface area contributed by atoms with Crippen molar-refractivity contribution < 1.29 is 9.47 Å². The van der Waals surface area contributed by atoms with E-state index >= 15 is 0 Å². The number of nitrogens with zero attached hydrogens (tertiary/aromatic N) is 1. The van der Waals surface area contributed by atoms with Crippen molar-refractivity contribution in [2.24, 2.45) is 5.41 Å². The molecule has 1 atom stereocenters. The Hall–Kier alpha value is -0.160. The zero-order valence-corrected chi connectivity index (χ0v) is 13.8. The van der Waals surface area contributed by atoms with E-state index in [0.29, 0.717) is 11.5 Å². The summed E-state index contributed by atoms with van der Waals surface area (Å²) in [5.74, 6) is 0. The van der Waals surface area contributed by atoms with Gasteiger partial charge in [0.2, 0.25) is 0 Å². The molecular formula is C15H34N2O2. The van der Waals surface area contributed by atoms with Crippen molar-refractivity contribution in [3.8, 4) is 0 Å². The van der Waals surface area contributed by atoms with Gasteiger partial charge in [-0.3, -0.25) is 4.90 Å². The van der Waals surface area contributed by atoms with Crippen molar-refractivity contribution in [1.82, 2.24) is 10.2 Å². The maximum absolute atomic E-state index is 5.23. The lowest BCUT2D eigenvalue weighted by atomic mass is 9.92. The van der Waals surface area contributed by atoms with Crippen molar-refractivity contribution in [2.75, 3.05) is 53.6 Å². The Morgan fingerprint density at radius 2 is 1.74 bits per heavy atom. The number of hydrogen-bond acceptors (Lipinski definition) is 4. The third-order valence-corrected chi connectivity index (χ3v) is 3.24. The normalized spacial score (nSPS) is 14.1. The van der Waals surface area contributed by atoms with Crippen LogP contribution in [0, 0.1) is 5.41 Å². The van der Waals surface area contributed by atoms with Crippen LogP contribution in [0.1, 0.15) is 34.1 Å². The first-order chi connectivity index (χ1) is 8.90. The first-order valence-corrected chi connectivity index (χ1v) is 7.33. The second kappa shape index (κ2) is 10.6. The molecule has 19 heavy (non-hydrogen) atoms. The molecular weight excluding hydrogens is 240 g/mol. The summed E-state index contributed by atoms with van der Waals surface area (Å²) in [6, 6.07) is 0.435. The highest BCUT2D eigenvalue weighted by molar-refractivity contribution is 4.69. The highest BCUT2D eigenvalue weighted by Crippen LogP contribution is 2.16. The zero-order chi connectivity index (χ0) is 14.7. The topological polar surface area (TPSA) is 33.7 Å². The molecule has 0 aromatic rings. The van der Waals surface area contributed by atoms with Gasteiger partial charge in [-0.1, -0.05) is 20.8 Å². The Labute approximate surface area is 119 Å². The van der Waals surface area contributed by atoms with E-state index < -0.39 is 0 Å². The van der Waals surface area contributed by atoms with Gasteiger partial charge in [0.25, 0.3) is 0 Å². The fourth-order valence-corrected chi connectivity index (χ4v) is 1.92. The van der Waals surface area contributed by atoms with Crippen molar-refractivity contribution in [3.63, 3.8) is 0 Å². The second-order valence-electron chi connectivity index (χ2n) is 6.39. The predicted molar refractivity (Wildman–Crippen MR) is 81.7 cm³/mol. The summed E-state index contributed by atoms with van der Waals surface area (Å²) in [6.07, 6.45) is 1.21. The molecule has 4 nitrogen and oxygen atoms in total. The van der Waals surface area contributed by atoms with Crippen molar-refractivity contribution in [2.45, 2.75) is 40.2 Å². The molecule has 1 unspecified atom stereocenters. The lowest BCUT2D eigenvalue weighted by Gasteiger charge is -2.28. The first-order valence-electron chi connectivity index (χ1n) is 7.33. The summed E-state index contributed by atoms with van der Waals surface area (Å²) in [4.78, 5) is 2.41. The molecule has 0 aromatic heterocycles. The van der Waals surface area contributed by atoms with Gasteiger partial charge in [-0.15, -0.1) is 0 Å². The molecule has 116 valence electrons. The van der Waals surface area contributed by atoms with Crippen LogP contribution in [0.3, 0.4) is 0 Å². The fraction of sp³-hybridized carbons (Fsp3) is 1.00. The van der Waals surface area contributed by atoms with Gasteiger partial charge in [-0.2, -0.15) is 0 Å². The van der Waals surface area contributed by atoms with Gasteiger partial charge in [0.1, 0.15) is 0 Å². The van der Waals surface area contributed by atoms with E-state index in [9.17, 15) is 0 Å². The second-order valence-corrected chi connectivity index (χ2v) is 6.39. The molecule has 0 heterocycles. The van der Waals surface area contributed by atoms with Crippen molar-refractivity contribution in [1.29, 1.82) is 0 Å². The van der Waals surface area contributed by atoms with Crippen LogP contribution in [0.4, 0.5) is 0 Å². The summed E-state index contributed by atoms with van der Waals surface area (Å²) in [6.45, 7) is 14.7. The highest BCUT2D eigenvalue weighted by Gasteiger charge is 2.13. The van der Waals surface area contributed by atoms with Gasteiger partial charge in [-0.05, 0) is 25.3 Å². The molecule has 1 N–H and O–H groups in total. The molecule has 0 radical (unpaired) electrons. The fourth-order valence-electron chi connectivity index (χ4n) is 1.92. The molecule has 0 saturated heterocycles. The molecule has 0 aromatic carbocycles. The predicted octanol–water partition coefficient (Wildman–Crippen LogP) is 2.00. The van der Waals surface area contributed by atoms with E-state index in [1.807, 2.05) is 0 Å². The Bertz CT molecular complexity index is 205. The van der Waals surface area contributed by atoms with Crippen LogP contribution >= 0.6 is 0 Å². The molecule has 0 aliphatic heterocycles. The molecule has 0 saturated carbocycles. The summed E-state index contributed by atoms with van der Waals surface area (Å²) in [5, 5.41) is 3.52. The zero-order valence-electron chi connectivity index (χ0n) is 13.8. The monoisotopic (exact) mass is 274 g/mol. The van der Waals surface area contributed by atoms with E-state index in [1.54, 1.807) is 14.2 Å². The lowest BCUT2D eigenvalue weighted by Crippen LogP contribution is -2.42. The maximum Gasteiger partial charge on any atom is 0.0615 e. The Balaban J connectivity index is 3.85. The van der Waals surface area contributed by atoms with Crippen LogP contribution in [0.2, 0.25) is 0 Å². The molecule has 0 aliphatic rings. The summed E-state index contributed by atoms with van der Waals surface area (Å²) in [5.41, 5.74) is 0.409. The molecule has 0 rings (SSSR count). The quantitative estimate of drug-likeness (QED) is 0.584. The number of nitrogens with one attached hydrogen (secondary N) is 1. The van der Waals surface area contributed by atoms with Gasteiger partial charge >= 0.3 is 0 Å². The third kappa shape index (κ3) is 11.4. The van der Waals surface area contributed by atoms with Crippen LogP contribution in [0.15, 0.2) is 0 Å². The third-order valence-electron chi connectivity index (χ3n) is 3.24. The van der Waals surface area contributed by atoms with Gasteiger partial charge in [0.05, 0.1) is 13.2 Å². The van der Waals surface area contributed by atoms with Gasteiger partial charge in [0.15, 0.2) is 0 Å². The number of hydrogen-bond donors (Lipinski definition) is 1. The van der Waals surface area contributed by atoms with Crippen LogP contribution in [0.25, 0.3) is 0 Å². The van der Waals surface area contributed by atoms with Gasteiger partial charge in [-0.25, -0.2) is 0 Å². The highest BCUT2D eigenvalue weighted by atomic mass is 16.5.